The summed E-state index contributed by atoms with van der Waals surface area (Å²) in [5.74, 6) is 0.150. The number of nitrogens with one attached hydrogen (secondary N) is 2. The maximum Gasteiger partial charge on any atom is 0.211 e. The second-order valence-electron chi connectivity index (χ2n) is 3.44. The standard InChI is InChI=1S/C9H22N2O2S/c1-4-6-9(3)10-7-8-11-14(12,13)5-2/h9-11H,4-8H2,1-3H3. The Bertz CT molecular complexity index is 227. The van der Waals surface area contributed by atoms with Gasteiger partial charge in [-0.2, -0.15) is 0 Å². The normalized spacial score (nSPS) is 14.2. The van der Waals surface area contributed by atoms with E-state index in [1.807, 2.05) is 0 Å². The molecule has 0 aromatic rings. The van der Waals surface area contributed by atoms with Crippen molar-refractivity contribution in [3.63, 3.8) is 0 Å². The molecule has 4 nitrogen and oxygen atoms in total. The molecule has 86 valence electrons. The molecular formula is C9H22N2O2S. The zero-order valence-corrected chi connectivity index (χ0v) is 10.2. The number of hydrogen-bond donors (Lipinski definition) is 2. The summed E-state index contributed by atoms with van der Waals surface area (Å²) in [5, 5.41) is 3.25. The summed E-state index contributed by atoms with van der Waals surface area (Å²) < 4.78 is 24.6. The molecule has 0 aromatic carbocycles. The Labute approximate surface area is 87.5 Å². The third-order valence-corrected chi connectivity index (χ3v) is 3.45. The van der Waals surface area contributed by atoms with Crippen LogP contribution in [0.2, 0.25) is 0 Å². The van der Waals surface area contributed by atoms with Crippen LogP contribution in [-0.2, 0) is 10.0 Å². The molecule has 2 N–H and O–H groups in total. The first-order valence-electron chi connectivity index (χ1n) is 5.22. The highest BCUT2D eigenvalue weighted by Gasteiger charge is 2.05. The maximum atomic E-state index is 11.0. The first-order valence-corrected chi connectivity index (χ1v) is 6.87. The summed E-state index contributed by atoms with van der Waals surface area (Å²) in [5.41, 5.74) is 0. The van der Waals surface area contributed by atoms with Gasteiger partial charge in [0.1, 0.15) is 0 Å². The summed E-state index contributed by atoms with van der Waals surface area (Å²) in [7, 11) is -3.02. The van der Waals surface area contributed by atoms with Crippen LogP contribution in [-0.4, -0.2) is 33.3 Å². The molecule has 0 fully saturated rings. The van der Waals surface area contributed by atoms with Gasteiger partial charge in [0, 0.05) is 19.1 Å². The van der Waals surface area contributed by atoms with E-state index < -0.39 is 10.0 Å². The minimum absolute atomic E-state index is 0.150. The average molecular weight is 222 g/mol. The molecule has 0 aromatic heterocycles. The van der Waals surface area contributed by atoms with Crippen LogP contribution in [0.15, 0.2) is 0 Å². The second-order valence-corrected chi connectivity index (χ2v) is 5.54. The molecule has 0 heterocycles. The number of hydrogen-bond acceptors (Lipinski definition) is 3. The highest BCUT2D eigenvalue weighted by atomic mass is 32.2. The summed E-state index contributed by atoms with van der Waals surface area (Å²) in [6.45, 7) is 7.05. The average Bonchev–Trinajstić information content (AvgIpc) is 2.13. The van der Waals surface area contributed by atoms with E-state index >= 15 is 0 Å². The molecule has 0 aliphatic carbocycles. The van der Waals surface area contributed by atoms with Gasteiger partial charge in [0.05, 0.1) is 5.75 Å². The Kier molecular flexibility index (Phi) is 7.13. The highest BCUT2D eigenvalue weighted by Crippen LogP contribution is 1.93. The third-order valence-electron chi connectivity index (χ3n) is 2.04. The molecule has 1 unspecified atom stereocenters. The van der Waals surface area contributed by atoms with Crippen LogP contribution in [0.5, 0.6) is 0 Å². The summed E-state index contributed by atoms with van der Waals surface area (Å²) in [6, 6.07) is 0.464. The Balaban J connectivity index is 3.47. The molecule has 0 saturated carbocycles. The maximum absolute atomic E-state index is 11.0. The fraction of sp³-hybridized carbons (Fsp3) is 1.00. The fourth-order valence-corrected chi connectivity index (χ4v) is 1.78. The van der Waals surface area contributed by atoms with Crippen molar-refractivity contribution in [2.24, 2.45) is 0 Å². The van der Waals surface area contributed by atoms with Gasteiger partial charge in [-0.25, -0.2) is 13.1 Å². The molecule has 0 bridgehead atoms. The van der Waals surface area contributed by atoms with Crippen molar-refractivity contribution in [2.45, 2.75) is 39.7 Å². The van der Waals surface area contributed by atoms with E-state index in [1.54, 1.807) is 6.92 Å². The SMILES string of the molecule is CCCC(C)NCCNS(=O)(=O)CC. The zero-order chi connectivity index (χ0) is 11.0. The summed E-state index contributed by atoms with van der Waals surface area (Å²) in [4.78, 5) is 0. The fourth-order valence-electron chi connectivity index (χ4n) is 1.16. The van der Waals surface area contributed by atoms with Crippen molar-refractivity contribution < 1.29 is 8.42 Å². The molecule has 0 saturated heterocycles. The minimum Gasteiger partial charge on any atom is -0.313 e. The van der Waals surface area contributed by atoms with Crippen LogP contribution < -0.4 is 10.0 Å². The molecular weight excluding hydrogens is 200 g/mol. The van der Waals surface area contributed by atoms with Crippen molar-refractivity contribution in [1.29, 1.82) is 0 Å². The lowest BCUT2D eigenvalue weighted by molar-refractivity contribution is 0.507. The van der Waals surface area contributed by atoms with Crippen molar-refractivity contribution in [3.05, 3.63) is 0 Å². The Morgan fingerprint density at radius 2 is 1.86 bits per heavy atom. The van der Waals surface area contributed by atoms with E-state index in [2.05, 4.69) is 23.9 Å². The van der Waals surface area contributed by atoms with E-state index in [9.17, 15) is 8.42 Å². The van der Waals surface area contributed by atoms with Gasteiger partial charge in [-0.15, -0.1) is 0 Å². The lowest BCUT2D eigenvalue weighted by Gasteiger charge is -2.12. The molecule has 0 aliphatic rings. The molecule has 0 radical (unpaired) electrons. The van der Waals surface area contributed by atoms with Crippen molar-refractivity contribution in [1.82, 2.24) is 10.0 Å². The Morgan fingerprint density at radius 1 is 1.21 bits per heavy atom. The monoisotopic (exact) mass is 222 g/mol. The second kappa shape index (κ2) is 7.20. The quantitative estimate of drug-likeness (QED) is 0.595. The van der Waals surface area contributed by atoms with Gasteiger partial charge in [-0.1, -0.05) is 13.3 Å². The van der Waals surface area contributed by atoms with Crippen molar-refractivity contribution in [3.8, 4) is 0 Å². The summed E-state index contributed by atoms with van der Waals surface area (Å²) >= 11 is 0. The minimum atomic E-state index is -3.02. The van der Waals surface area contributed by atoms with Gasteiger partial charge in [0.15, 0.2) is 0 Å². The van der Waals surface area contributed by atoms with Crippen LogP contribution in [0.3, 0.4) is 0 Å². The topological polar surface area (TPSA) is 58.2 Å². The zero-order valence-electron chi connectivity index (χ0n) is 9.34. The van der Waals surface area contributed by atoms with Crippen molar-refractivity contribution >= 4 is 10.0 Å². The predicted molar refractivity (Wildman–Crippen MR) is 59.8 cm³/mol. The Morgan fingerprint density at radius 3 is 2.36 bits per heavy atom. The molecule has 0 amide bonds. The van der Waals surface area contributed by atoms with Crippen LogP contribution in [0.25, 0.3) is 0 Å². The summed E-state index contributed by atoms with van der Waals surface area (Å²) in [6.07, 6.45) is 2.27. The van der Waals surface area contributed by atoms with Crippen LogP contribution in [0.1, 0.15) is 33.6 Å². The molecule has 14 heavy (non-hydrogen) atoms. The molecule has 0 rings (SSSR count). The van der Waals surface area contributed by atoms with Crippen molar-refractivity contribution in [2.75, 3.05) is 18.8 Å². The van der Waals surface area contributed by atoms with Crippen LogP contribution >= 0.6 is 0 Å². The van der Waals surface area contributed by atoms with E-state index in [0.717, 1.165) is 12.8 Å². The van der Waals surface area contributed by atoms with Crippen LogP contribution in [0, 0.1) is 0 Å². The first-order chi connectivity index (χ1) is 6.52. The van der Waals surface area contributed by atoms with Gasteiger partial charge < -0.3 is 5.32 Å². The number of rotatable bonds is 8. The predicted octanol–water partition coefficient (Wildman–Crippen LogP) is 0.704. The smallest absolute Gasteiger partial charge is 0.211 e. The molecule has 0 aliphatic heterocycles. The van der Waals surface area contributed by atoms with Gasteiger partial charge in [0.2, 0.25) is 10.0 Å². The molecule has 1 atom stereocenters. The molecule has 5 heteroatoms. The van der Waals surface area contributed by atoms with E-state index in [1.165, 1.54) is 0 Å². The first kappa shape index (κ1) is 13.9. The Hall–Kier alpha value is -0.130. The molecule has 0 spiro atoms. The third kappa shape index (κ3) is 7.29. The van der Waals surface area contributed by atoms with E-state index in [0.29, 0.717) is 19.1 Å². The van der Waals surface area contributed by atoms with Gasteiger partial charge in [0.25, 0.3) is 0 Å². The highest BCUT2D eigenvalue weighted by molar-refractivity contribution is 7.89. The van der Waals surface area contributed by atoms with Gasteiger partial charge in [-0.05, 0) is 20.3 Å². The van der Waals surface area contributed by atoms with Crippen LogP contribution in [0.4, 0.5) is 0 Å². The van der Waals surface area contributed by atoms with Gasteiger partial charge in [-0.3, -0.25) is 0 Å². The number of sulfonamides is 1. The lowest BCUT2D eigenvalue weighted by atomic mass is 10.2. The lowest BCUT2D eigenvalue weighted by Crippen LogP contribution is -2.36. The van der Waals surface area contributed by atoms with Gasteiger partial charge >= 0.3 is 0 Å². The van der Waals surface area contributed by atoms with E-state index in [4.69, 9.17) is 0 Å². The van der Waals surface area contributed by atoms with E-state index in [-0.39, 0.29) is 5.75 Å². The largest absolute Gasteiger partial charge is 0.313 e.